The van der Waals surface area contributed by atoms with E-state index in [4.69, 9.17) is 14.2 Å². The Morgan fingerprint density at radius 1 is 1.03 bits per heavy atom. The summed E-state index contributed by atoms with van der Waals surface area (Å²) in [4.78, 5) is 12.2. The van der Waals surface area contributed by atoms with E-state index in [2.05, 4.69) is 15.5 Å². The molecule has 3 aromatic rings. The van der Waals surface area contributed by atoms with Crippen molar-refractivity contribution in [3.8, 4) is 28.6 Å². The second-order valence-electron chi connectivity index (χ2n) is 6.57. The molecule has 8 heteroatoms. The first-order valence-corrected chi connectivity index (χ1v) is 9.95. The van der Waals surface area contributed by atoms with Gasteiger partial charge in [0.15, 0.2) is 6.10 Å². The molecule has 0 spiro atoms. The zero-order valence-corrected chi connectivity index (χ0v) is 17.4. The van der Waals surface area contributed by atoms with Gasteiger partial charge in [-0.3, -0.25) is 4.79 Å². The van der Waals surface area contributed by atoms with Crippen LogP contribution in [0.2, 0.25) is 0 Å². The van der Waals surface area contributed by atoms with Crippen molar-refractivity contribution in [2.45, 2.75) is 20.0 Å². The van der Waals surface area contributed by atoms with Crippen molar-refractivity contribution in [3.05, 3.63) is 66.5 Å². The first-order valence-electron chi connectivity index (χ1n) is 9.95. The predicted molar refractivity (Wildman–Crippen MR) is 114 cm³/mol. The van der Waals surface area contributed by atoms with Gasteiger partial charge in [-0.2, -0.15) is 0 Å². The minimum Gasteiger partial charge on any atom is -0.494 e. The number of halogens is 1. The quantitative estimate of drug-likeness (QED) is 0.500. The van der Waals surface area contributed by atoms with Crippen LogP contribution in [0.1, 0.15) is 13.8 Å². The van der Waals surface area contributed by atoms with Crippen LogP contribution in [0.25, 0.3) is 11.3 Å². The maximum absolute atomic E-state index is 13.0. The van der Waals surface area contributed by atoms with E-state index in [0.29, 0.717) is 29.7 Å². The first kappa shape index (κ1) is 22.0. The number of aromatic nitrogens is 2. The minimum absolute atomic E-state index is 0.225. The number of nitrogens with one attached hydrogen (secondary N) is 1. The largest absolute Gasteiger partial charge is 0.494 e. The topological polar surface area (TPSA) is 82.6 Å². The standard InChI is InChI=1S/C23H24FN3O4/c1-3-29-19-5-4-6-20(15-19)31-16(2)23(28)25-13-14-30-22-12-11-21(26-27-22)17-7-9-18(24)10-8-17/h4-12,15-16H,3,13-14H2,1-2H3,(H,25,28). The van der Waals surface area contributed by atoms with Gasteiger partial charge in [0.05, 0.1) is 18.8 Å². The second kappa shape index (κ2) is 10.9. The fourth-order valence-electron chi connectivity index (χ4n) is 2.71. The Kier molecular flexibility index (Phi) is 7.75. The summed E-state index contributed by atoms with van der Waals surface area (Å²) in [6.45, 7) is 4.63. The molecule has 0 bridgehead atoms. The van der Waals surface area contributed by atoms with Crippen molar-refractivity contribution in [3.63, 3.8) is 0 Å². The molecule has 31 heavy (non-hydrogen) atoms. The summed E-state index contributed by atoms with van der Waals surface area (Å²) in [5.41, 5.74) is 1.37. The lowest BCUT2D eigenvalue weighted by Gasteiger charge is -2.15. The van der Waals surface area contributed by atoms with Crippen LogP contribution in [0.3, 0.4) is 0 Å². The van der Waals surface area contributed by atoms with Crippen molar-refractivity contribution >= 4 is 5.91 Å². The van der Waals surface area contributed by atoms with Gasteiger partial charge in [-0.25, -0.2) is 4.39 Å². The van der Waals surface area contributed by atoms with Crippen LogP contribution < -0.4 is 19.5 Å². The van der Waals surface area contributed by atoms with Crippen LogP contribution in [0, 0.1) is 5.82 Å². The summed E-state index contributed by atoms with van der Waals surface area (Å²) in [7, 11) is 0. The summed E-state index contributed by atoms with van der Waals surface area (Å²) >= 11 is 0. The number of ether oxygens (including phenoxy) is 3. The van der Waals surface area contributed by atoms with Crippen molar-refractivity contribution in [1.82, 2.24) is 15.5 Å². The zero-order valence-electron chi connectivity index (χ0n) is 17.4. The number of hydrogen-bond donors (Lipinski definition) is 1. The normalized spacial score (nSPS) is 11.5. The maximum Gasteiger partial charge on any atom is 0.260 e. The van der Waals surface area contributed by atoms with Crippen LogP contribution in [0.5, 0.6) is 17.4 Å². The Hall–Kier alpha value is -3.68. The molecule has 0 saturated carbocycles. The van der Waals surface area contributed by atoms with Gasteiger partial charge in [0, 0.05) is 17.7 Å². The maximum atomic E-state index is 13.0. The fourth-order valence-corrected chi connectivity index (χ4v) is 2.71. The Bertz CT molecular complexity index is 981. The molecule has 1 amide bonds. The Balaban J connectivity index is 1.41. The van der Waals surface area contributed by atoms with Crippen LogP contribution in [-0.4, -0.2) is 42.0 Å². The molecule has 1 atom stereocenters. The van der Waals surface area contributed by atoms with E-state index in [1.807, 2.05) is 13.0 Å². The number of amides is 1. The van der Waals surface area contributed by atoms with Gasteiger partial charge < -0.3 is 19.5 Å². The van der Waals surface area contributed by atoms with Crippen molar-refractivity contribution in [1.29, 1.82) is 0 Å². The summed E-state index contributed by atoms with van der Waals surface area (Å²) in [6.07, 6.45) is -0.674. The van der Waals surface area contributed by atoms with E-state index in [9.17, 15) is 9.18 Å². The molecule has 1 unspecified atom stereocenters. The summed E-state index contributed by atoms with van der Waals surface area (Å²) in [5, 5.41) is 10.8. The van der Waals surface area contributed by atoms with Gasteiger partial charge in [-0.1, -0.05) is 6.07 Å². The molecule has 1 aromatic heterocycles. The molecule has 0 saturated heterocycles. The molecule has 2 aromatic carbocycles. The highest BCUT2D eigenvalue weighted by molar-refractivity contribution is 5.80. The molecule has 0 aliphatic heterocycles. The van der Waals surface area contributed by atoms with E-state index < -0.39 is 6.10 Å². The lowest BCUT2D eigenvalue weighted by atomic mass is 10.1. The molecule has 1 N–H and O–H groups in total. The van der Waals surface area contributed by atoms with Crippen molar-refractivity contribution < 1.29 is 23.4 Å². The van der Waals surface area contributed by atoms with Gasteiger partial charge in [-0.15, -0.1) is 10.2 Å². The highest BCUT2D eigenvalue weighted by Gasteiger charge is 2.14. The van der Waals surface area contributed by atoms with E-state index in [1.54, 1.807) is 49.4 Å². The second-order valence-corrected chi connectivity index (χ2v) is 6.57. The van der Waals surface area contributed by atoms with Crippen LogP contribution in [-0.2, 0) is 4.79 Å². The van der Waals surface area contributed by atoms with Gasteiger partial charge in [-0.05, 0) is 56.3 Å². The van der Waals surface area contributed by atoms with E-state index in [-0.39, 0.29) is 24.9 Å². The van der Waals surface area contributed by atoms with E-state index >= 15 is 0 Å². The monoisotopic (exact) mass is 425 g/mol. The van der Waals surface area contributed by atoms with Crippen LogP contribution in [0.4, 0.5) is 4.39 Å². The molecule has 7 nitrogen and oxygen atoms in total. The SMILES string of the molecule is CCOc1cccc(OC(C)C(=O)NCCOc2ccc(-c3ccc(F)cc3)nn2)c1. The molecular formula is C23H24FN3O4. The fraction of sp³-hybridized carbons (Fsp3) is 0.261. The van der Waals surface area contributed by atoms with E-state index in [1.165, 1.54) is 12.1 Å². The highest BCUT2D eigenvalue weighted by Crippen LogP contribution is 2.20. The number of carbonyl (C=O) groups is 1. The Morgan fingerprint density at radius 3 is 2.52 bits per heavy atom. The van der Waals surface area contributed by atoms with Gasteiger partial charge in [0.25, 0.3) is 5.91 Å². The number of hydrogen-bond acceptors (Lipinski definition) is 6. The predicted octanol–water partition coefficient (Wildman–Crippen LogP) is 3.64. The number of nitrogens with zero attached hydrogens (tertiary/aromatic N) is 2. The number of carbonyl (C=O) groups excluding carboxylic acids is 1. The van der Waals surface area contributed by atoms with Gasteiger partial charge in [0.2, 0.25) is 5.88 Å². The third-order valence-corrected chi connectivity index (χ3v) is 4.23. The zero-order chi connectivity index (χ0) is 22.1. The van der Waals surface area contributed by atoms with Crippen LogP contribution >= 0.6 is 0 Å². The lowest BCUT2D eigenvalue weighted by Crippen LogP contribution is -2.38. The third-order valence-electron chi connectivity index (χ3n) is 4.23. The summed E-state index contributed by atoms with van der Waals surface area (Å²) < 4.78 is 29.6. The molecule has 3 rings (SSSR count). The van der Waals surface area contributed by atoms with E-state index in [0.717, 1.165) is 5.56 Å². The van der Waals surface area contributed by atoms with Gasteiger partial charge >= 0.3 is 0 Å². The molecule has 0 aliphatic carbocycles. The number of rotatable bonds is 10. The Labute approximate surface area is 180 Å². The first-order chi connectivity index (χ1) is 15.0. The summed E-state index contributed by atoms with van der Waals surface area (Å²) in [6, 6.07) is 16.5. The smallest absolute Gasteiger partial charge is 0.260 e. The Morgan fingerprint density at radius 2 is 1.81 bits per heavy atom. The summed E-state index contributed by atoms with van der Waals surface area (Å²) in [5.74, 6) is 1.01. The molecular weight excluding hydrogens is 401 g/mol. The molecule has 0 fully saturated rings. The molecule has 0 aliphatic rings. The lowest BCUT2D eigenvalue weighted by molar-refractivity contribution is -0.127. The van der Waals surface area contributed by atoms with Crippen LogP contribution in [0.15, 0.2) is 60.7 Å². The highest BCUT2D eigenvalue weighted by atomic mass is 19.1. The molecule has 0 radical (unpaired) electrons. The van der Waals surface area contributed by atoms with Gasteiger partial charge in [0.1, 0.15) is 23.9 Å². The molecule has 1 heterocycles. The minimum atomic E-state index is -0.674. The number of benzene rings is 2. The molecule has 162 valence electrons. The van der Waals surface area contributed by atoms with Crippen molar-refractivity contribution in [2.75, 3.05) is 19.8 Å². The van der Waals surface area contributed by atoms with Crippen molar-refractivity contribution in [2.24, 2.45) is 0 Å². The third kappa shape index (κ3) is 6.67. The average molecular weight is 425 g/mol. The average Bonchev–Trinajstić information content (AvgIpc) is 2.78.